The van der Waals surface area contributed by atoms with Crippen molar-refractivity contribution in [2.45, 2.75) is 13.3 Å². The van der Waals surface area contributed by atoms with Gasteiger partial charge in [0, 0.05) is 12.4 Å². The fourth-order valence-corrected chi connectivity index (χ4v) is 2.59. The lowest BCUT2D eigenvalue weighted by Gasteiger charge is -2.12. The van der Waals surface area contributed by atoms with Crippen molar-refractivity contribution >= 4 is 11.7 Å². The summed E-state index contributed by atoms with van der Waals surface area (Å²) < 4.78 is 15.9. The van der Waals surface area contributed by atoms with E-state index in [-0.39, 0.29) is 11.3 Å². The zero-order valence-electron chi connectivity index (χ0n) is 13.0. The number of aromatic nitrogens is 2. The van der Waals surface area contributed by atoms with Gasteiger partial charge in [0.15, 0.2) is 0 Å². The maximum absolute atomic E-state index is 14.2. The van der Waals surface area contributed by atoms with Crippen LogP contribution in [0.3, 0.4) is 0 Å². The zero-order chi connectivity index (χ0) is 17.3. The molecule has 3 N–H and O–H groups in total. The molecule has 0 saturated heterocycles. The van der Waals surface area contributed by atoms with Crippen molar-refractivity contribution in [1.82, 2.24) is 9.78 Å². The van der Waals surface area contributed by atoms with Crippen LogP contribution in [-0.4, -0.2) is 20.9 Å². The van der Waals surface area contributed by atoms with Crippen LogP contribution in [0.4, 0.5) is 10.1 Å². The van der Waals surface area contributed by atoms with Crippen molar-refractivity contribution in [3.05, 3.63) is 76.9 Å². The summed E-state index contributed by atoms with van der Waals surface area (Å²) in [5, 5.41) is 13.3. The van der Waals surface area contributed by atoms with E-state index in [1.54, 1.807) is 17.8 Å². The van der Waals surface area contributed by atoms with E-state index in [1.807, 2.05) is 36.5 Å². The molecule has 6 heteroatoms. The smallest absolute Gasteiger partial charge is 0.337 e. The first-order valence-corrected chi connectivity index (χ1v) is 7.37. The fraction of sp³-hybridized carbons (Fsp3) is 0.111. The van der Waals surface area contributed by atoms with Crippen LogP contribution in [0.15, 0.2) is 48.8 Å². The van der Waals surface area contributed by atoms with Gasteiger partial charge in [0.1, 0.15) is 5.82 Å². The molecule has 0 aliphatic heterocycles. The average Bonchev–Trinajstić information content (AvgIpc) is 3.10. The summed E-state index contributed by atoms with van der Waals surface area (Å²) in [5.41, 5.74) is 7.85. The molecule has 0 saturated carbocycles. The number of carboxylic acids is 1. The Kier molecular flexibility index (Phi) is 4.04. The van der Waals surface area contributed by atoms with Crippen molar-refractivity contribution in [1.29, 1.82) is 0 Å². The van der Waals surface area contributed by atoms with E-state index < -0.39 is 11.8 Å². The van der Waals surface area contributed by atoms with Crippen molar-refractivity contribution in [2.75, 3.05) is 5.73 Å². The monoisotopic (exact) mass is 325 g/mol. The van der Waals surface area contributed by atoms with Crippen molar-refractivity contribution in [2.24, 2.45) is 0 Å². The Morgan fingerprint density at radius 1 is 1.33 bits per heavy atom. The number of nitrogens with two attached hydrogens (primary N) is 1. The lowest BCUT2D eigenvalue weighted by molar-refractivity contribution is 0.0697. The highest BCUT2D eigenvalue weighted by Crippen LogP contribution is 2.26. The maximum atomic E-state index is 14.2. The SMILES string of the molecule is Cc1c(Cc2ccc(-n3cccn3)cc2)cc(C(=O)O)c(N)c1F. The Balaban J connectivity index is 1.92. The second-order valence-corrected chi connectivity index (χ2v) is 5.53. The Labute approximate surface area is 138 Å². The first kappa shape index (κ1) is 15.7. The predicted molar refractivity (Wildman–Crippen MR) is 88.9 cm³/mol. The largest absolute Gasteiger partial charge is 0.478 e. The van der Waals surface area contributed by atoms with Crippen LogP contribution in [0, 0.1) is 12.7 Å². The first-order valence-electron chi connectivity index (χ1n) is 7.37. The molecule has 0 unspecified atom stereocenters. The van der Waals surface area contributed by atoms with E-state index in [0.717, 1.165) is 11.3 Å². The van der Waals surface area contributed by atoms with E-state index in [1.165, 1.54) is 6.07 Å². The van der Waals surface area contributed by atoms with E-state index in [4.69, 9.17) is 10.8 Å². The van der Waals surface area contributed by atoms with Gasteiger partial charge in [-0.15, -0.1) is 0 Å². The lowest BCUT2D eigenvalue weighted by atomic mass is 9.96. The molecule has 0 aliphatic rings. The fourth-order valence-electron chi connectivity index (χ4n) is 2.59. The van der Waals surface area contributed by atoms with Crippen LogP contribution in [0.1, 0.15) is 27.0 Å². The third-order valence-corrected chi connectivity index (χ3v) is 3.99. The number of benzene rings is 2. The number of hydrogen-bond donors (Lipinski definition) is 2. The molecule has 0 atom stereocenters. The molecular weight excluding hydrogens is 309 g/mol. The molecule has 0 radical (unpaired) electrons. The molecule has 1 heterocycles. The summed E-state index contributed by atoms with van der Waals surface area (Å²) in [6.45, 7) is 1.60. The first-order chi connectivity index (χ1) is 11.5. The minimum Gasteiger partial charge on any atom is -0.478 e. The van der Waals surface area contributed by atoms with Crippen molar-refractivity contribution in [3.8, 4) is 5.69 Å². The third kappa shape index (κ3) is 2.86. The Morgan fingerprint density at radius 2 is 2.04 bits per heavy atom. The molecule has 0 aliphatic carbocycles. The second kappa shape index (κ2) is 6.16. The molecule has 0 spiro atoms. The van der Waals surface area contributed by atoms with E-state index in [0.29, 0.717) is 17.5 Å². The summed E-state index contributed by atoms with van der Waals surface area (Å²) in [6, 6.07) is 10.9. The number of halogens is 1. The van der Waals surface area contributed by atoms with Gasteiger partial charge in [-0.25, -0.2) is 13.9 Å². The molecule has 5 nitrogen and oxygen atoms in total. The second-order valence-electron chi connectivity index (χ2n) is 5.53. The van der Waals surface area contributed by atoms with Crippen LogP contribution in [-0.2, 0) is 6.42 Å². The van der Waals surface area contributed by atoms with Gasteiger partial charge < -0.3 is 10.8 Å². The van der Waals surface area contributed by atoms with Gasteiger partial charge in [-0.2, -0.15) is 5.10 Å². The van der Waals surface area contributed by atoms with Gasteiger partial charge in [-0.3, -0.25) is 0 Å². The third-order valence-electron chi connectivity index (χ3n) is 3.99. The molecule has 24 heavy (non-hydrogen) atoms. The van der Waals surface area contributed by atoms with Gasteiger partial charge in [-0.05, 0) is 54.3 Å². The van der Waals surface area contributed by atoms with Crippen molar-refractivity contribution in [3.63, 3.8) is 0 Å². The highest BCUT2D eigenvalue weighted by atomic mass is 19.1. The standard InChI is InChI=1S/C18H16FN3O2/c1-11-13(10-15(18(23)24)17(20)16(11)19)9-12-3-5-14(6-4-12)22-8-2-7-21-22/h2-8,10H,9,20H2,1H3,(H,23,24). The predicted octanol–water partition coefficient (Wildman–Crippen LogP) is 3.19. The summed E-state index contributed by atoms with van der Waals surface area (Å²) in [4.78, 5) is 11.2. The molecule has 2 aromatic carbocycles. The number of carboxylic acid groups (broad SMARTS) is 1. The normalized spacial score (nSPS) is 10.8. The van der Waals surface area contributed by atoms with Gasteiger partial charge in [-0.1, -0.05) is 12.1 Å². The quantitative estimate of drug-likeness (QED) is 0.722. The summed E-state index contributed by atoms with van der Waals surface area (Å²) in [6.07, 6.45) is 3.96. The summed E-state index contributed by atoms with van der Waals surface area (Å²) in [7, 11) is 0. The number of hydrogen-bond acceptors (Lipinski definition) is 3. The zero-order valence-corrected chi connectivity index (χ0v) is 13.0. The average molecular weight is 325 g/mol. The number of aromatic carboxylic acids is 1. The number of carbonyl (C=O) groups is 1. The molecule has 0 amide bonds. The molecule has 1 aromatic heterocycles. The van der Waals surface area contributed by atoms with E-state index in [2.05, 4.69) is 5.10 Å². The van der Waals surface area contributed by atoms with Gasteiger partial charge >= 0.3 is 5.97 Å². The van der Waals surface area contributed by atoms with E-state index >= 15 is 0 Å². The minimum atomic E-state index is -1.23. The molecule has 0 fully saturated rings. The summed E-state index contributed by atoms with van der Waals surface area (Å²) in [5.74, 6) is -1.90. The number of nitrogens with zero attached hydrogens (tertiary/aromatic N) is 2. The highest BCUT2D eigenvalue weighted by molar-refractivity contribution is 5.94. The molecule has 0 bridgehead atoms. The maximum Gasteiger partial charge on any atom is 0.337 e. The van der Waals surface area contributed by atoms with E-state index in [9.17, 15) is 9.18 Å². The lowest BCUT2D eigenvalue weighted by Crippen LogP contribution is -2.09. The number of anilines is 1. The molecule has 3 rings (SSSR count). The van der Waals surface area contributed by atoms with Crippen LogP contribution < -0.4 is 5.73 Å². The van der Waals surface area contributed by atoms with Gasteiger partial charge in [0.2, 0.25) is 0 Å². The topological polar surface area (TPSA) is 81.1 Å². The Bertz CT molecular complexity index is 888. The van der Waals surface area contributed by atoms with Crippen LogP contribution in [0.2, 0.25) is 0 Å². The van der Waals surface area contributed by atoms with Crippen LogP contribution in [0.25, 0.3) is 5.69 Å². The molecular formula is C18H16FN3O2. The minimum absolute atomic E-state index is 0.207. The molecule has 3 aromatic rings. The van der Waals surface area contributed by atoms with Gasteiger partial charge in [0.25, 0.3) is 0 Å². The van der Waals surface area contributed by atoms with Crippen LogP contribution >= 0.6 is 0 Å². The number of rotatable bonds is 4. The molecule has 122 valence electrons. The highest BCUT2D eigenvalue weighted by Gasteiger charge is 2.17. The van der Waals surface area contributed by atoms with Crippen LogP contribution in [0.5, 0.6) is 0 Å². The Hall–Kier alpha value is -3.15. The van der Waals surface area contributed by atoms with Gasteiger partial charge in [0.05, 0.1) is 16.9 Å². The van der Waals surface area contributed by atoms with Crippen molar-refractivity contribution < 1.29 is 14.3 Å². The summed E-state index contributed by atoms with van der Waals surface area (Å²) >= 11 is 0. The number of nitrogen functional groups attached to an aromatic ring is 1. The Morgan fingerprint density at radius 3 is 2.62 bits per heavy atom.